The largest absolute Gasteiger partial charge is 0.387 e. The van der Waals surface area contributed by atoms with Crippen molar-refractivity contribution in [2.75, 3.05) is 5.32 Å². The molecule has 1 N–H and O–H groups in total. The molecule has 0 heterocycles. The van der Waals surface area contributed by atoms with Gasteiger partial charge in [-0.1, -0.05) is 30.3 Å². The van der Waals surface area contributed by atoms with Gasteiger partial charge in [0.2, 0.25) is 0 Å². The molecule has 4 heteroatoms. The molecule has 0 bridgehead atoms. The molecule has 0 aromatic heterocycles. The third-order valence-corrected chi connectivity index (χ3v) is 2.32. The van der Waals surface area contributed by atoms with Crippen LogP contribution in [0, 0.1) is 11.5 Å². The Hall–Kier alpha value is -2.80. The summed E-state index contributed by atoms with van der Waals surface area (Å²) in [7, 11) is 0. The van der Waals surface area contributed by atoms with E-state index in [1.165, 1.54) is 0 Å². The molecule has 0 fully saturated rings. The summed E-state index contributed by atoms with van der Waals surface area (Å²) in [6.07, 6.45) is 1.56. The van der Waals surface area contributed by atoms with Gasteiger partial charge in [-0.15, -0.1) is 5.26 Å². The lowest BCUT2D eigenvalue weighted by Gasteiger charge is -2.07. The van der Waals surface area contributed by atoms with E-state index in [4.69, 9.17) is 10.00 Å². The second-order valence-corrected chi connectivity index (χ2v) is 3.51. The summed E-state index contributed by atoms with van der Waals surface area (Å²) in [5.41, 5.74) is 1.01. The van der Waals surface area contributed by atoms with Gasteiger partial charge in [-0.3, -0.25) is 4.79 Å². The minimum Gasteiger partial charge on any atom is -0.387 e. The average molecular weight is 238 g/mol. The van der Waals surface area contributed by atoms with Crippen LogP contribution in [0.5, 0.6) is 5.75 Å². The minimum absolute atomic E-state index is 0.244. The van der Waals surface area contributed by atoms with Crippen LogP contribution in [0.3, 0.4) is 0 Å². The Morgan fingerprint density at radius 2 is 1.72 bits per heavy atom. The first kappa shape index (κ1) is 11.7. The van der Waals surface area contributed by atoms with E-state index < -0.39 is 0 Å². The van der Waals surface area contributed by atoms with Gasteiger partial charge < -0.3 is 10.1 Å². The lowest BCUT2D eigenvalue weighted by atomic mass is 10.2. The van der Waals surface area contributed by atoms with Gasteiger partial charge >= 0.3 is 0 Å². The Labute approximate surface area is 104 Å². The minimum atomic E-state index is -0.313. The first-order valence-corrected chi connectivity index (χ1v) is 5.32. The molecule has 0 radical (unpaired) electrons. The summed E-state index contributed by atoms with van der Waals surface area (Å²) in [6.45, 7) is 0. The first-order chi connectivity index (χ1) is 8.81. The lowest BCUT2D eigenvalue weighted by Crippen LogP contribution is -2.12. The Kier molecular flexibility index (Phi) is 3.57. The topological polar surface area (TPSA) is 62.1 Å². The number of rotatable bonds is 3. The second kappa shape index (κ2) is 5.51. The average Bonchev–Trinajstić information content (AvgIpc) is 2.41. The van der Waals surface area contributed by atoms with Gasteiger partial charge in [0, 0.05) is 5.69 Å². The zero-order valence-electron chi connectivity index (χ0n) is 9.46. The van der Waals surface area contributed by atoms with Crippen LogP contribution in [0.15, 0.2) is 54.6 Å². The highest BCUT2D eigenvalue weighted by atomic mass is 16.5. The monoisotopic (exact) mass is 238 g/mol. The van der Waals surface area contributed by atoms with Gasteiger partial charge in [0.05, 0.1) is 5.56 Å². The number of benzene rings is 2. The Morgan fingerprint density at radius 3 is 2.44 bits per heavy atom. The molecule has 0 saturated heterocycles. The van der Waals surface area contributed by atoms with Crippen LogP contribution in [0.1, 0.15) is 10.4 Å². The number of nitrogens with one attached hydrogen (secondary N) is 1. The lowest BCUT2D eigenvalue weighted by molar-refractivity contribution is 0.102. The smallest absolute Gasteiger partial charge is 0.292 e. The van der Waals surface area contributed by atoms with Crippen molar-refractivity contribution in [2.24, 2.45) is 0 Å². The number of para-hydroxylation sites is 2. The molecular weight excluding hydrogens is 228 g/mol. The summed E-state index contributed by atoms with van der Waals surface area (Å²) in [5, 5.41) is 11.2. The van der Waals surface area contributed by atoms with Crippen molar-refractivity contribution in [2.45, 2.75) is 0 Å². The van der Waals surface area contributed by atoms with Crippen molar-refractivity contribution in [1.82, 2.24) is 0 Å². The highest BCUT2D eigenvalue weighted by molar-refractivity contribution is 6.06. The quantitative estimate of drug-likeness (QED) is 0.836. The van der Waals surface area contributed by atoms with Gasteiger partial charge in [-0.2, -0.15) is 0 Å². The van der Waals surface area contributed by atoms with E-state index in [9.17, 15) is 4.79 Å². The van der Waals surface area contributed by atoms with Crippen molar-refractivity contribution in [3.05, 3.63) is 60.2 Å². The SMILES string of the molecule is N#COc1ccccc1C(=O)Nc1ccccc1. The van der Waals surface area contributed by atoms with E-state index in [1.807, 2.05) is 18.2 Å². The molecule has 2 aromatic carbocycles. The Bertz CT molecular complexity index is 588. The summed E-state index contributed by atoms with van der Waals surface area (Å²) in [5.74, 6) is -0.0690. The maximum Gasteiger partial charge on any atom is 0.292 e. The maximum absolute atomic E-state index is 12.0. The van der Waals surface area contributed by atoms with Crippen molar-refractivity contribution in [3.8, 4) is 12.0 Å². The molecule has 0 spiro atoms. The van der Waals surface area contributed by atoms with Crippen LogP contribution in [0.4, 0.5) is 5.69 Å². The van der Waals surface area contributed by atoms with Crippen LogP contribution >= 0.6 is 0 Å². The van der Waals surface area contributed by atoms with Gasteiger partial charge in [-0.05, 0) is 24.3 Å². The number of carbonyl (C=O) groups excluding carboxylic acids is 1. The van der Waals surface area contributed by atoms with Gasteiger partial charge in [0.25, 0.3) is 12.2 Å². The van der Waals surface area contributed by atoms with Crippen LogP contribution in [-0.2, 0) is 0 Å². The predicted molar refractivity (Wildman–Crippen MR) is 67.1 cm³/mol. The molecule has 0 atom stereocenters. The molecule has 0 unspecified atom stereocenters. The van der Waals surface area contributed by atoms with Crippen LogP contribution in [0.2, 0.25) is 0 Å². The van der Waals surface area contributed by atoms with E-state index in [0.717, 1.165) is 0 Å². The number of nitriles is 1. The Morgan fingerprint density at radius 1 is 1.06 bits per heavy atom. The third-order valence-electron chi connectivity index (χ3n) is 2.32. The van der Waals surface area contributed by atoms with E-state index in [1.54, 1.807) is 42.7 Å². The number of hydrogen-bond donors (Lipinski definition) is 1. The number of carbonyl (C=O) groups is 1. The highest BCUT2D eigenvalue weighted by Crippen LogP contribution is 2.19. The molecular formula is C14H10N2O2. The molecule has 0 aliphatic carbocycles. The molecule has 1 amide bonds. The number of hydrogen-bond acceptors (Lipinski definition) is 3. The molecule has 18 heavy (non-hydrogen) atoms. The molecule has 0 saturated carbocycles. The van der Waals surface area contributed by atoms with Crippen molar-refractivity contribution in [1.29, 1.82) is 5.26 Å². The number of anilines is 1. The fraction of sp³-hybridized carbons (Fsp3) is 0. The van der Waals surface area contributed by atoms with E-state index >= 15 is 0 Å². The van der Waals surface area contributed by atoms with Gasteiger partial charge in [0.1, 0.15) is 0 Å². The van der Waals surface area contributed by atoms with E-state index in [2.05, 4.69) is 5.32 Å². The maximum atomic E-state index is 12.0. The molecule has 2 rings (SSSR count). The van der Waals surface area contributed by atoms with Crippen LogP contribution in [-0.4, -0.2) is 5.91 Å². The zero-order chi connectivity index (χ0) is 12.8. The first-order valence-electron chi connectivity index (χ1n) is 5.32. The normalized spacial score (nSPS) is 9.28. The summed E-state index contributed by atoms with van der Waals surface area (Å²) < 4.78 is 4.74. The fourth-order valence-corrected chi connectivity index (χ4v) is 1.51. The standard InChI is InChI=1S/C14H10N2O2/c15-10-18-13-9-5-4-8-12(13)14(17)16-11-6-2-1-3-7-11/h1-9H,(H,16,17). The zero-order valence-corrected chi connectivity index (χ0v) is 9.46. The second-order valence-electron chi connectivity index (χ2n) is 3.51. The van der Waals surface area contributed by atoms with Crippen LogP contribution < -0.4 is 10.1 Å². The highest BCUT2D eigenvalue weighted by Gasteiger charge is 2.12. The van der Waals surface area contributed by atoms with Crippen molar-refractivity contribution < 1.29 is 9.53 Å². The Balaban J connectivity index is 2.22. The summed E-state index contributed by atoms with van der Waals surface area (Å²) in [4.78, 5) is 12.0. The number of nitrogens with zero attached hydrogens (tertiary/aromatic N) is 1. The molecule has 0 aliphatic heterocycles. The van der Waals surface area contributed by atoms with Crippen LogP contribution in [0.25, 0.3) is 0 Å². The van der Waals surface area contributed by atoms with Gasteiger partial charge in [-0.25, -0.2) is 0 Å². The molecule has 88 valence electrons. The number of amides is 1. The molecule has 4 nitrogen and oxygen atoms in total. The van der Waals surface area contributed by atoms with Crippen molar-refractivity contribution >= 4 is 11.6 Å². The fourth-order valence-electron chi connectivity index (χ4n) is 1.51. The summed E-state index contributed by atoms with van der Waals surface area (Å²) in [6, 6.07) is 15.7. The molecule has 2 aromatic rings. The van der Waals surface area contributed by atoms with Gasteiger partial charge in [0.15, 0.2) is 5.75 Å². The predicted octanol–water partition coefficient (Wildman–Crippen LogP) is 2.80. The van der Waals surface area contributed by atoms with E-state index in [0.29, 0.717) is 11.3 Å². The van der Waals surface area contributed by atoms with Crippen molar-refractivity contribution in [3.63, 3.8) is 0 Å². The molecule has 0 aliphatic rings. The number of ether oxygens (including phenoxy) is 1. The summed E-state index contributed by atoms with van der Waals surface area (Å²) >= 11 is 0. The third kappa shape index (κ3) is 2.66. The van der Waals surface area contributed by atoms with E-state index in [-0.39, 0.29) is 11.7 Å².